The third-order valence-corrected chi connectivity index (χ3v) is 3.84. The third-order valence-electron chi connectivity index (χ3n) is 2.71. The fourth-order valence-electron chi connectivity index (χ4n) is 1.98. The molecule has 3 nitrogen and oxygen atoms in total. The summed E-state index contributed by atoms with van der Waals surface area (Å²) in [6.07, 6.45) is 0. The van der Waals surface area contributed by atoms with Gasteiger partial charge in [-0.2, -0.15) is 0 Å². The molecule has 6 heteroatoms. The van der Waals surface area contributed by atoms with E-state index in [0.717, 1.165) is 11.4 Å². The minimum absolute atomic E-state index is 0.162. The predicted octanol–water partition coefficient (Wildman–Crippen LogP) is 4.90. The molecule has 0 aliphatic carbocycles. The first-order valence-corrected chi connectivity index (χ1v) is 7.69. The Morgan fingerprint density at radius 1 is 1.16 bits per heavy atom. The van der Waals surface area contributed by atoms with Crippen LogP contribution >= 0.6 is 39.1 Å². The summed E-state index contributed by atoms with van der Waals surface area (Å²) in [5.74, 6) is 1.54. The van der Waals surface area contributed by atoms with Gasteiger partial charge in [0.2, 0.25) is 0 Å². The van der Waals surface area contributed by atoms with Crippen LogP contribution in [-0.4, -0.2) is 14.8 Å². The maximum absolute atomic E-state index is 6.26. The Kier molecular flexibility index (Phi) is 4.23. The topological polar surface area (TPSA) is 30.7 Å². The van der Waals surface area contributed by atoms with Crippen LogP contribution in [0.5, 0.6) is 0 Å². The van der Waals surface area contributed by atoms with Gasteiger partial charge < -0.3 is 4.57 Å². The molecular formula is C13H14BrCl2N3. The first-order chi connectivity index (χ1) is 8.86. The van der Waals surface area contributed by atoms with Gasteiger partial charge >= 0.3 is 0 Å². The molecule has 1 aromatic carbocycles. The molecule has 0 unspecified atom stereocenters. The van der Waals surface area contributed by atoms with Gasteiger partial charge in [-0.25, -0.2) is 0 Å². The maximum Gasteiger partial charge on any atom is 0.167 e. The number of halogens is 3. The Balaban J connectivity index is 2.74. The van der Waals surface area contributed by atoms with Crippen LogP contribution in [0.4, 0.5) is 0 Å². The van der Waals surface area contributed by atoms with E-state index in [1.807, 2.05) is 6.07 Å². The summed E-state index contributed by atoms with van der Waals surface area (Å²) >= 11 is 16.0. The Hall–Kier alpha value is -0.580. The van der Waals surface area contributed by atoms with Crippen molar-refractivity contribution >= 4 is 39.1 Å². The van der Waals surface area contributed by atoms with E-state index in [4.69, 9.17) is 23.2 Å². The summed E-state index contributed by atoms with van der Waals surface area (Å²) in [7, 11) is 0. The zero-order chi connectivity index (χ0) is 14.2. The van der Waals surface area contributed by atoms with Gasteiger partial charge in [0.05, 0.1) is 20.9 Å². The molecule has 0 saturated heterocycles. The molecule has 0 spiro atoms. The lowest BCUT2D eigenvalue weighted by Gasteiger charge is -2.25. The first-order valence-electron chi connectivity index (χ1n) is 5.81. The Morgan fingerprint density at radius 2 is 1.74 bits per heavy atom. The standard InChI is InChI=1S/C13H14BrCl2N3/c1-13(2,3)19-10(7-14)17-18-12(19)11-8(15)5-4-6-9(11)16/h4-6H,7H2,1-3H3. The number of hydrogen-bond acceptors (Lipinski definition) is 2. The Bertz CT molecular complexity index is 582. The molecular weight excluding hydrogens is 349 g/mol. The maximum atomic E-state index is 6.26. The van der Waals surface area contributed by atoms with Crippen LogP contribution < -0.4 is 0 Å². The molecule has 1 aromatic heterocycles. The largest absolute Gasteiger partial charge is 0.305 e. The van der Waals surface area contributed by atoms with Crippen molar-refractivity contribution in [1.29, 1.82) is 0 Å². The second-order valence-corrected chi connectivity index (χ2v) is 6.55. The third kappa shape index (κ3) is 2.81. The van der Waals surface area contributed by atoms with E-state index in [0.29, 0.717) is 21.2 Å². The quantitative estimate of drug-likeness (QED) is 0.711. The van der Waals surface area contributed by atoms with Gasteiger partial charge in [0, 0.05) is 5.54 Å². The summed E-state index contributed by atoms with van der Waals surface area (Å²) in [4.78, 5) is 0. The van der Waals surface area contributed by atoms with E-state index >= 15 is 0 Å². The van der Waals surface area contributed by atoms with Crippen molar-refractivity contribution in [3.63, 3.8) is 0 Å². The highest BCUT2D eigenvalue weighted by Crippen LogP contribution is 2.36. The van der Waals surface area contributed by atoms with Crippen LogP contribution in [0.3, 0.4) is 0 Å². The highest BCUT2D eigenvalue weighted by atomic mass is 79.9. The minimum Gasteiger partial charge on any atom is -0.305 e. The highest BCUT2D eigenvalue weighted by Gasteiger charge is 2.25. The Morgan fingerprint density at radius 3 is 2.21 bits per heavy atom. The highest BCUT2D eigenvalue weighted by molar-refractivity contribution is 9.08. The number of rotatable bonds is 2. The van der Waals surface area contributed by atoms with Crippen molar-refractivity contribution < 1.29 is 0 Å². The molecule has 102 valence electrons. The minimum atomic E-state index is -0.162. The van der Waals surface area contributed by atoms with Crippen molar-refractivity contribution in [2.75, 3.05) is 0 Å². The molecule has 0 radical (unpaired) electrons. The number of aromatic nitrogens is 3. The molecule has 1 heterocycles. The van der Waals surface area contributed by atoms with E-state index in [-0.39, 0.29) is 5.54 Å². The van der Waals surface area contributed by atoms with E-state index in [1.165, 1.54) is 0 Å². The normalized spacial score (nSPS) is 11.9. The van der Waals surface area contributed by atoms with Gasteiger partial charge in [-0.1, -0.05) is 45.2 Å². The summed E-state index contributed by atoms with van der Waals surface area (Å²) < 4.78 is 2.05. The second-order valence-electron chi connectivity index (χ2n) is 5.18. The molecule has 0 amide bonds. The fourth-order valence-corrected chi connectivity index (χ4v) is 2.91. The molecule has 0 saturated carbocycles. The van der Waals surface area contributed by atoms with Crippen LogP contribution in [0.2, 0.25) is 10.0 Å². The average molecular weight is 363 g/mol. The van der Waals surface area contributed by atoms with Gasteiger partial charge in [0.15, 0.2) is 5.82 Å². The van der Waals surface area contributed by atoms with Crippen LogP contribution in [0.15, 0.2) is 18.2 Å². The molecule has 0 N–H and O–H groups in total. The monoisotopic (exact) mass is 361 g/mol. The van der Waals surface area contributed by atoms with Crippen molar-refractivity contribution in [2.24, 2.45) is 0 Å². The van der Waals surface area contributed by atoms with E-state index in [9.17, 15) is 0 Å². The lowest BCUT2D eigenvalue weighted by Crippen LogP contribution is -2.25. The summed E-state index contributed by atoms with van der Waals surface area (Å²) in [6.45, 7) is 6.28. The zero-order valence-electron chi connectivity index (χ0n) is 10.9. The number of hydrogen-bond donors (Lipinski definition) is 0. The lowest BCUT2D eigenvalue weighted by molar-refractivity contribution is 0.391. The van der Waals surface area contributed by atoms with Gasteiger partial charge in [-0.15, -0.1) is 10.2 Å². The molecule has 0 fully saturated rings. The predicted molar refractivity (Wildman–Crippen MR) is 83.1 cm³/mol. The summed E-state index contributed by atoms with van der Waals surface area (Å²) in [6, 6.07) is 5.42. The number of nitrogens with zero attached hydrogens (tertiary/aromatic N) is 3. The molecule has 2 aromatic rings. The van der Waals surface area contributed by atoms with Gasteiger partial charge in [0.1, 0.15) is 5.82 Å². The van der Waals surface area contributed by atoms with Crippen molar-refractivity contribution in [3.05, 3.63) is 34.1 Å². The lowest BCUT2D eigenvalue weighted by atomic mass is 10.1. The molecule has 0 aliphatic heterocycles. The van der Waals surface area contributed by atoms with E-state index in [2.05, 4.69) is 51.5 Å². The SMILES string of the molecule is CC(C)(C)n1c(CBr)nnc1-c1c(Cl)cccc1Cl. The molecule has 0 bridgehead atoms. The summed E-state index contributed by atoms with van der Waals surface area (Å²) in [5.41, 5.74) is 0.560. The molecule has 0 aliphatic rings. The fraction of sp³-hybridized carbons (Fsp3) is 0.385. The van der Waals surface area contributed by atoms with Crippen LogP contribution in [0.1, 0.15) is 26.6 Å². The average Bonchev–Trinajstić information content (AvgIpc) is 2.72. The molecule has 2 rings (SSSR count). The van der Waals surface area contributed by atoms with Gasteiger partial charge in [0.25, 0.3) is 0 Å². The number of alkyl halides is 1. The van der Waals surface area contributed by atoms with Crippen molar-refractivity contribution in [1.82, 2.24) is 14.8 Å². The molecule has 19 heavy (non-hydrogen) atoms. The molecule has 0 atom stereocenters. The van der Waals surface area contributed by atoms with E-state index in [1.54, 1.807) is 12.1 Å². The summed E-state index contributed by atoms with van der Waals surface area (Å²) in [5, 5.41) is 10.2. The second kappa shape index (κ2) is 5.43. The van der Waals surface area contributed by atoms with Crippen LogP contribution in [0.25, 0.3) is 11.4 Å². The smallest absolute Gasteiger partial charge is 0.167 e. The first kappa shape index (κ1) is 14.8. The zero-order valence-corrected chi connectivity index (χ0v) is 14.0. The van der Waals surface area contributed by atoms with Crippen LogP contribution in [-0.2, 0) is 10.9 Å². The van der Waals surface area contributed by atoms with Crippen LogP contribution in [0, 0.1) is 0 Å². The van der Waals surface area contributed by atoms with Crippen molar-refractivity contribution in [2.45, 2.75) is 31.6 Å². The van der Waals surface area contributed by atoms with Crippen molar-refractivity contribution in [3.8, 4) is 11.4 Å². The number of benzene rings is 1. The van der Waals surface area contributed by atoms with Gasteiger partial charge in [-0.05, 0) is 32.9 Å². The van der Waals surface area contributed by atoms with Gasteiger partial charge in [-0.3, -0.25) is 0 Å². The Labute approximate surface area is 131 Å². The van der Waals surface area contributed by atoms with E-state index < -0.39 is 0 Å².